The maximum absolute atomic E-state index is 11.4. The average Bonchev–Trinajstić information content (AvgIpc) is 2.28. The molecule has 1 aromatic rings. The van der Waals surface area contributed by atoms with E-state index in [2.05, 4.69) is 12.1 Å². The molecule has 1 aromatic carbocycles. The van der Waals surface area contributed by atoms with E-state index in [9.17, 15) is 4.79 Å². The van der Waals surface area contributed by atoms with Crippen molar-refractivity contribution in [1.82, 2.24) is 0 Å². The van der Waals surface area contributed by atoms with Crippen LogP contribution >= 0.6 is 11.8 Å². The van der Waals surface area contributed by atoms with Gasteiger partial charge in [0.15, 0.2) is 0 Å². The molecule has 0 saturated heterocycles. The van der Waals surface area contributed by atoms with Crippen LogP contribution in [-0.2, 0) is 11.2 Å². The van der Waals surface area contributed by atoms with Gasteiger partial charge in [0.2, 0.25) is 0 Å². The summed E-state index contributed by atoms with van der Waals surface area (Å²) in [5.74, 6) is 1.37. The highest BCUT2D eigenvalue weighted by Crippen LogP contribution is 2.06. The van der Waals surface area contributed by atoms with Crippen LogP contribution in [-0.4, -0.2) is 17.8 Å². The third-order valence-corrected chi connectivity index (χ3v) is 2.96. The van der Waals surface area contributed by atoms with E-state index in [1.165, 1.54) is 5.56 Å². The number of carbonyl (C=O) groups is 1. The van der Waals surface area contributed by atoms with Crippen LogP contribution in [0.5, 0.6) is 0 Å². The van der Waals surface area contributed by atoms with Gasteiger partial charge < -0.3 is 0 Å². The van der Waals surface area contributed by atoms with E-state index in [0.29, 0.717) is 5.78 Å². The Morgan fingerprint density at radius 3 is 2.60 bits per heavy atom. The summed E-state index contributed by atoms with van der Waals surface area (Å²) in [6.45, 7) is 0. The van der Waals surface area contributed by atoms with Crippen molar-refractivity contribution in [3.8, 4) is 0 Å². The van der Waals surface area contributed by atoms with E-state index < -0.39 is 0 Å². The SMILES string of the molecule is CSCCC(=O)CCCc1ccccc1. The highest BCUT2D eigenvalue weighted by Gasteiger charge is 2.01. The van der Waals surface area contributed by atoms with E-state index in [1.54, 1.807) is 11.8 Å². The van der Waals surface area contributed by atoms with Crippen molar-refractivity contribution in [2.24, 2.45) is 0 Å². The average molecular weight is 222 g/mol. The molecule has 0 bridgehead atoms. The molecule has 0 aromatic heterocycles. The number of hydrogen-bond acceptors (Lipinski definition) is 2. The largest absolute Gasteiger partial charge is 0.300 e. The number of hydrogen-bond donors (Lipinski definition) is 0. The lowest BCUT2D eigenvalue weighted by Gasteiger charge is -2.00. The number of thioether (sulfide) groups is 1. The van der Waals surface area contributed by atoms with Gasteiger partial charge in [0.1, 0.15) is 5.78 Å². The molecule has 1 nitrogen and oxygen atoms in total. The van der Waals surface area contributed by atoms with Crippen LogP contribution in [0.1, 0.15) is 24.8 Å². The molecule has 0 radical (unpaired) electrons. The Balaban J connectivity index is 2.14. The molecule has 0 aliphatic rings. The predicted molar refractivity (Wildman–Crippen MR) is 67.4 cm³/mol. The fourth-order valence-electron chi connectivity index (χ4n) is 1.48. The lowest BCUT2D eigenvalue weighted by molar-refractivity contribution is -0.118. The monoisotopic (exact) mass is 222 g/mol. The Morgan fingerprint density at radius 1 is 1.20 bits per heavy atom. The molecule has 2 heteroatoms. The lowest BCUT2D eigenvalue weighted by Crippen LogP contribution is -2.00. The zero-order valence-corrected chi connectivity index (χ0v) is 10.1. The Kier molecular flexibility index (Phi) is 6.17. The first-order valence-electron chi connectivity index (χ1n) is 5.37. The van der Waals surface area contributed by atoms with Crippen molar-refractivity contribution in [1.29, 1.82) is 0 Å². The molecule has 82 valence electrons. The van der Waals surface area contributed by atoms with Gasteiger partial charge in [-0.1, -0.05) is 30.3 Å². The summed E-state index contributed by atoms with van der Waals surface area (Å²) in [7, 11) is 0. The molecule has 0 aliphatic carbocycles. The van der Waals surface area contributed by atoms with Crippen LogP contribution in [0.25, 0.3) is 0 Å². The minimum atomic E-state index is 0.403. The van der Waals surface area contributed by atoms with Gasteiger partial charge >= 0.3 is 0 Å². The molecular formula is C13H18OS. The van der Waals surface area contributed by atoms with Crippen LogP contribution in [0.4, 0.5) is 0 Å². The molecule has 0 heterocycles. The van der Waals surface area contributed by atoms with E-state index in [0.717, 1.165) is 31.4 Å². The fraction of sp³-hybridized carbons (Fsp3) is 0.462. The normalized spacial score (nSPS) is 10.2. The van der Waals surface area contributed by atoms with E-state index in [4.69, 9.17) is 0 Å². The molecule has 1 rings (SSSR count). The third kappa shape index (κ3) is 5.63. The van der Waals surface area contributed by atoms with Gasteiger partial charge in [-0.3, -0.25) is 4.79 Å². The fourth-order valence-corrected chi connectivity index (χ4v) is 1.91. The number of aryl methyl sites for hydroxylation is 1. The summed E-state index contributed by atoms with van der Waals surface area (Å²) in [5, 5.41) is 0. The quantitative estimate of drug-likeness (QED) is 0.704. The summed E-state index contributed by atoms with van der Waals surface area (Å²) in [6.07, 6.45) is 5.51. The first kappa shape index (κ1) is 12.3. The Morgan fingerprint density at radius 2 is 1.93 bits per heavy atom. The Labute approximate surface area is 96.3 Å². The molecule has 0 aliphatic heterocycles. The van der Waals surface area contributed by atoms with Crippen molar-refractivity contribution in [3.05, 3.63) is 35.9 Å². The number of Topliss-reactive ketones (excluding diaryl/α,β-unsaturated/α-hetero) is 1. The van der Waals surface area contributed by atoms with Crippen molar-refractivity contribution in [2.45, 2.75) is 25.7 Å². The highest BCUT2D eigenvalue weighted by molar-refractivity contribution is 7.98. The molecule has 0 amide bonds. The van der Waals surface area contributed by atoms with E-state index in [1.807, 2.05) is 24.5 Å². The first-order chi connectivity index (χ1) is 7.33. The van der Waals surface area contributed by atoms with Gasteiger partial charge in [0, 0.05) is 12.8 Å². The topological polar surface area (TPSA) is 17.1 Å². The van der Waals surface area contributed by atoms with Crippen molar-refractivity contribution in [3.63, 3.8) is 0 Å². The molecule has 0 atom stereocenters. The van der Waals surface area contributed by atoms with Gasteiger partial charge in [-0.15, -0.1) is 0 Å². The summed E-state index contributed by atoms with van der Waals surface area (Å²) >= 11 is 1.74. The maximum Gasteiger partial charge on any atom is 0.133 e. The van der Waals surface area contributed by atoms with Crippen LogP contribution in [0.3, 0.4) is 0 Å². The van der Waals surface area contributed by atoms with Crippen LogP contribution in [0.2, 0.25) is 0 Å². The zero-order valence-electron chi connectivity index (χ0n) is 9.24. The second kappa shape index (κ2) is 7.52. The summed E-state index contributed by atoms with van der Waals surface area (Å²) in [5.41, 5.74) is 1.33. The second-order valence-electron chi connectivity index (χ2n) is 3.62. The van der Waals surface area contributed by atoms with Crippen LogP contribution < -0.4 is 0 Å². The van der Waals surface area contributed by atoms with Gasteiger partial charge in [0.25, 0.3) is 0 Å². The van der Waals surface area contributed by atoms with Crippen molar-refractivity contribution in [2.75, 3.05) is 12.0 Å². The number of ketones is 1. The first-order valence-corrected chi connectivity index (χ1v) is 6.77. The number of benzene rings is 1. The Hall–Kier alpha value is -0.760. The minimum Gasteiger partial charge on any atom is -0.300 e. The summed E-state index contributed by atoms with van der Waals surface area (Å²) < 4.78 is 0. The van der Waals surface area contributed by atoms with Gasteiger partial charge in [0.05, 0.1) is 0 Å². The smallest absolute Gasteiger partial charge is 0.133 e. The standard InChI is InChI=1S/C13H18OS/c1-15-11-10-13(14)9-5-8-12-6-3-2-4-7-12/h2-4,6-7H,5,8-11H2,1H3. The molecule has 0 saturated carbocycles. The van der Waals surface area contributed by atoms with E-state index in [-0.39, 0.29) is 0 Å². The summed E-state index contributed by atoms with van der Waals surface area (Å²) in [6, 6.07) is 10.3. The molecule has 0 spiro atoms. The van der Waals surface area contributed by atoms with Crippen LogP contribution in [0.15, 0.2) is 30.3 Å². The second-order valence-corrected chi connectivity index (χ2v) is 4.61. The molecule has 0 N–H and O–H groups in total. The third-order valence-electron chi connectivity index (χ3n) is 2.35. The van der Waals surface area contributed by atoms with Gasteiger partial charge in [-0.05, 0) is 30.4 Å². The lowest BCUT2D eigenvalue weighted by atomic mass is 10.1. The highest BCUT2D eigenvalue weighted by atomic mass is 32.2. The van der Waals surface area contributed by atoms with Gasteiger partial charge in [-0.2, -0.15) is 11.8 Å². The van der Waals surface area contributed by atoms with Crippen molar-refractivity contribution < 1.29 is 4.79 Å². The molecule has 0 unspecified atom stereocenters. The zero-order chi connectivity index (χ0) is 10.9. The minimum absolute atomic E-state index is 0.403. The van der Waals surface area contributed by atoms with Crippen molar-refractivity contribution >= 4 is 17.5 Å². The molecule has 15 heavy (non-hydrogen) atoms. The number of carbonyl (C=O) groups excluding carboxylic acids is 1. The molecular weight excluding hydrogens is 204 g/mol. The number of rotatable bonds is 7. The van der Waals surface area contributed by atoms with Crippen LogP contribution in [0, 0.1) is 0 Å². The van der Waals surface area contributed by atoms with Gasteiger partial charge in [-0.25, -0.2) is 0 Å². The Bertz CT molecular complexity index is 282. The predicted octanol–water partition coefficient (Wildman–Crippen LogP) is 3.33. The summed E-state index contributed by atoms with van der Waals surface area (Å²) in [4.78, 5) is 11.4. The van der Waals surface area contributed by atoms with E-state index >= 15 is 0 Å². The molecule has 0 fully saturated rings. The maximum atomic E-state index is 11.4.